The summed E-state index contributed by atoms with van der Waals surface area (Å²) in [5.41, 5.74) is 0.677. The summed E-state index contributed by atoms with van der Waals surface area (Å²) in [6, 6.07) is 3.01. The van der Waals surface area contributed by atoms with Crippen molar-refractivity contribution in [1.82, 2.24) is 15.6 Å². The van der Waals surface area contributed by atoms with Crippen LogP contribution in [0.1, 0.15) is 44.7 Å². The topological polar surface area (TPSA) is 58.5 Å². The molecule has 0 bridgehead atoms. The normalized spacial score (nSPS) is 16.4. The Morgan fingerprint density at radius 3 is 2.76 bits per heavy atom. The molecule has 1 saturated carbocycles. The maximum atomic E-state index is 13.6. The molecule has 1 aliphatic carbocycles. The summed E-state index contributed by atoms with van der Waals surface area (Å²) >= 11 is 0. The molecule has 0 radical (unpaired) electrons. The van der Waals surface area contributed by atoms with Crippen LogP contribution in [0, 0.1) is 11.2 Å². The molecule has 1 aromatic heterocycles. The van der Waals surface area contributed by atoms with Gasteiger partial charge in [-0.3, -0.25) is 9.98 Å². The zero-order valence-corrected chi connectivity index (χ0v) is 17.5. The molecule has 0 saturated heterocycles. The molecule has 0 spiro atoms. The Morgan fingerprint density at radius 1 is 1.36 bits per heavy atom. The van der Waals surface area contributed by atoms with E-state index in [9.17, 15) is 4.39 Å². The third kappa shape index (κ3) is 7.05. The second kappa shape index (κ2) is 11.6. The zero-order chi connectivity index (χ0) is 17.3. The van der Waals surface area contributed by atoms with Crippen molar-refractivity contribution < 1.29 is 9.13 Å². The van der Waals surface area contributed by atoms with Crippen molar-refractivity contribution in [1.29, 1.82) is 0 Å². The molecule has 0 aliphatic heterocycles. The van der Waals surface area contributed by atoms with Crippen LogP contribution in [-0.2, 0) is 11.3 Å². The molecule has 0 aromatic carbocycles. The van der Waals surface area contributed by atoms with Crippen LogP contribution in [0.2, 0.25) is 0 Å². The summed E-state index contributed by atoms with van der Waals surface area (Å²) in [4.78, 5) is 8.28. The van der Waals surface area contributed by atoms with E-state index in [4.69, 9.17) is 4.74 Å². The van der Waals surface area contributed by atoms with Crippen LogP contribution in [-0.4, -0.2) is 37.7 Å². The average molecular weight is 464 g/mol. The molecule has 0 unspecified atom stereocenters. The standard InChI is InChI=1S/C18H29FN4O.HI/c1-3-24-12-10-18(8-4-5-9-18)14-23-17(20-2)22-13-16-15(19)7-6-11-21-16;/h6-7,11H,3-5,8-10,12-14H2,1-2H3,(H2,20,22,23);1H. The highest BCUT2D eigenvalue weighted by atomic mass is 127. The Balaban J connectivity index is 0.00000312. The molecule has 1 heterocycles. The number of aliphatic imine (C=N–C) groups is 1. The molecule has 5 nitrogen and oxygen atoms in total. The number of rotatable bonds is 8. The number of nitrogens with one attached hydrogen (secondary N) is 2. The highest BCUT2D eigenvalue weighted by Crippen LogP contribution is 2.40. The molecule has 2 N–H and O–H groups in total. The quantitative estimate of drug-likeness (QED) is 0.268. The van der Waals surface area contributed by atoms with Gasteiger partial charge in [0.05, 0.1) is 12.2 Å². The van der Waals surface area contributed by atoms with Gasteiger partial charge >= 0.3 is 0 Å². The molecular formula is C18H30FIN4O. The summed E-state index contributed by atoms with van der Waals surface area (Å²) in [6.07, 6.45) is 7.66. The number of ether oxygens (including phenoxy) is 1. The van der Waals surface area contributed by atoms with E-state index in [0.717, 1.165) is 26.2 Å². The van der Waals surface area contributed by atoms with E-state index < -0.39 is 0 Å². The lowest BCUT2D eigenvalue weighted by molar-refractivity contribution is 0.105. The second-order valence-corrected chi connectivity index (χ2v) is 6.37. The molecule has 1 aromatic rings. The van der Waals surface area contributed by atoms with Gasteiger partial charge < -0.3 is 15.4 Å². The Labute approximate surface area is 167 Å². The number of nitrogens with zero attached hydrogens (tertiary/aromatic N) is 2. The Hall–Kier alpha value is -0.960. The highest BCUT2D eigenvalue weighted by Gasteiger charge is 2.33. The van der Waals surface area contributed by atoms with Crippen LogP contribution in [0.15, 0.2) is 23.3 Å². The van der Waals surface area contributed by atoms with Crippen molar-refractivity contribution in [2.45, 2.75) is 45.6 Å². The van der Waals surface area contributed by atoms with E-state index in [1.807, 2.05) is 6.92 Å². The van der Waals surface area contributed by atoms with E-state index in [-0.39, 0.29) is 35.2 Å². The van der Waals surface area contributed by atoms with Gasteiger partial charge in [-0.1, -0.05) is 12.8 Å². The van der Waals surface area contributed by atoms with Crippen molar-refractivity contribution in [3.05, 3.63) is 29.8 Å². The smallest absolute Gasteiger partial charge is 0.191 e. The molecule has 1 aliphatic rings. The SMILES string of the molecule is CCOCCC1(CNC(=NC)NCc2ncccc2F)CCCC1.I. The van der Waals surface area contributed by atoms with Crippen LogP contribution < -0.4 is 10.6 Å². The first-order valence-corrected chi connectivity index (χ1v) is 8.81. The minimum Gasteiger partial charge on any atom is -0.382 e. The summed E-state index contributed by atoms with van der Waals surface area (Å²) in [6.45, 7) is 4.79. The van der Waals surface area contributed by atoms with E-state index in [1.165, 1.54) is 31.7 Å². The Morgan fingerprint density at radius 2 is 2.12 bits per heavy atom. The van der Waals surface area contributed by atoms with Crippen LogP contribution in [0.4, 0.5) is 4.39 Å². The van der Waals surface area contributed by atoms with Crippen LogP contribution in [0.25, 0.3) is 0 Å². The van der Waals surface area contributed by atoms with Gasteiger partial charge in [0.2, 0.25) is 0 Å². The first kappa shape index (κ1) is 22.1. The fraction of sp³-hybridized carbons (Fsp3) is 0.667. The fourth-order valence-electron chi connectivity index (χ4n) is 3.28. The molecule has 25 heavy (non-hydrogen) atoms. The first-order chi connectivity index (χ1) is 11.7. The fourth-order valence-corrected chi connectivity index (χ4v) is 3.28. The maximum Gasteiger partial charge on any atom is 0.191 e. The predicted molar refractivity (Wildman–Crippen MR) is 110 cm³/mol. The number of halogens is 2. The average Bonchev–Trinajstić information content (AvgIpc) is 3.06. The van der Waals surface area contributed by atoms with Gasteiger partial charge in [-0.15, -0.1) is 24.0 Å². The lowest BCUT2D eigenvalue weighted by Gasteiger charge is -2.30. The molecular weight excluding hydrogens is 434 g/mol. The maximum absolute atomic E-state index is 13.6. The van der Waals surface area contributed by atoms with Gasteiger partial charge in [0.25, 0.3) is 0 Å². The number of guanidine groups is 1. The van der Waals surface area contributed by atoms with Crippen molar-refractivity contribution in [3.8, 4) is 0 Å². The molecule has 7 heteroatoms. The summed E-state index contributed by atoms with van der Waals surface area (Å²) in [5, 5.41) is 6.54. The minimum absolute atomic E-state index is 0. The minimum atomic E-state index is -0.301. The second-order valence-electron chi connectivity index (χ2n) is 6.37. The molecule has 0 amide bonds. The lowest BCUT2D eigenvalue weighted by atomic mass is 9.83. The van der Waals surface area contributed by atoms with Crippen molar-refractivity contribution in [3.63, 3.8) is 0 Å². The van der Waals surface area contributed by atoms with Crippen molar-refractivity contribution in [2.75, 3.05) is 26.8 Å². The van der Waals surface area contributed by atoms with E-state index in [0.29, 0.717) is 18.2 Å². The van der Waals surface area contributed by atoms with Crippen LogP contribution in [0.3, 0.4) is 0 Å². The van der Waals surface area contributed by atoms with Crippen LogP contribution >= 0.6 is 24.0 Å². The van der Waals surface area contributed by atoms with Gasteiger partial charge in [-0.25, -0.2) is 4.39 Å². The largest absolute Gasteiger partial charge is 0.382 e. The van der Waals surface area contributed by atoms with Gasteiger partial charge in [-0.2, -0.15) is 0 Å². The summed E-state index contributed by atoms with van der Waals surface area (Å²) in [5.74, 6) is 0.382. The van der Waals surface area contributed by atoms with E-state index >= 15 is 0 Å². The Bertz CT molecular complexity index is 536. The molecule has 0 atom stereocenters. The third-order valence-corrected chi connectivity index (χ3v) is 4.76. The van der Waals surface area contributed by atoms with Crippen molar-refractivity contribution >= 4 is 29.9 Å². The predicted octanol–water partition coefficient (Wildman–Crippen LogP) is 3.49. The highest BCUT2D eigenvalue weighted by molar-refractivity contribution is 14.0. The zero-order valence-electron chi connectivity index (χ0n) is 15.2. The molecule has 1 fully saturated rings. The number of hydrogen-bond acceptors (Lipinski definition) is 3. The van der Waals surface area contributed by atoms with Crippen molar-refractivity contribution in [2.24, 2.45) is 10.4 Å². The lowest BCUT2D eigenvalue weighted by Crippen LogP contribution is -2.43. The van der Waals surface area contributed by atoms with Gasteiger partial charge in [-0.05, 0) is 43.7 Å². The number of pyridine rings is 1. The number of aromatic nitrogens is 1. The third-order valence-electron chi connectivity index (χ3n) is 4.76. The van der Waals surface area contributed by atoms with Crippen LogP contribution in [0.5, 0.6) is 0 Å². The Kier molecular flexibility index (Phi) is 10.3. The monoisotopic (exact) mass is 464 g/mol. The van der Waals surface area contributed by atoms with E-state index in [2.05, 4.69) is 20.6 Å². The summed E-state index contributed by atoms with van der Waals surface area (Å²) in [7, 11) is 1.73. The van der Waals surface area contributed by atoms with E-state index in [1.54, 1.807) is 19.3 Å². The number of hydrogen-bond donors (Lipinski definition) is 2. The molecule has 142 valence electrons. The summed E-state index contributed by atoms with van der Waals surface area (Å²) < 4.78 is 19.2. The molecule has 2 rings (SSSR count). The van der Waals surface area contributed by atoms with Gasteiger partial charge in [0.1, 0.15) is 5.82 Å². The first-order valence-electron chi connectivity index (χ1n) is 8.81. The van der Waals surface area contributed by atoms with Gasteiger partial charge in [0, 0.05) is 33.0 Å². The van der Waals surface area contributed by atoms with Gasteiger partial charge in [0.15, 0.2) is 5.96 Å².